The van der Waals surface area contributed by atoms with Crippen LogP contribution in [-0.4, -0.2) is 36.0 Å². The third-order valence-electron chi connectivity index (χ3n) is 4.15. The van der Waals surface area contributed by atoms with Gasteiger partial charge in [0.1, 0.15) is 0 Å². The van der Waals surface area contributed by atoms with Crippen molar-refractivity contribution in [1.29, 1.82) is 0 Å². The summed E-state index contributed by atoms with van der Waals surface area (Å²) < 4.78 is 12.8. The van der Waals surface area contributed by atoms with Crippen molar-refractivity contribution in [2.24, 2.45) is 4.99 Å². The third kappa shape index (κ3) is 6.38. The van der Waals surface area contributed by atoms with Crippen molar-refractivity contribution in [3.63, 3.8) is 0 Å². The molecule has 0 aliphatic heterocycles. The lowest BCUT2D eigenvalue weighted by Crippen LogP contribution is -2.30. The highest BCUT2D eigenvalue weighted by Crippen LogP contribution is 2.30. The van der Waals surface area contributed by atoms with Gasteiger partial charge >= 0.3 is 0 Å². The molecule has 0 unspecified atom stereocenters. The highest BCUT2D eigenvalue weighted by atomic mass is 127. The number of aromatic nitrogens is 2. The molecule has 30 heavy (non-hydrogen) atoms. The second kappa shape index (κ2) is 12.1. The van der Waals surface area contributed by atoms with E-state index in [2.05, 4.69) is 20.7 Å². The molecule has 0 radical (unpaired) electrons. The van der Waals surface area contributed by atoms with Gasteiger partial charge in [0.25, 0.3) is 0 Å². The van der Waals surface area contributed by atoms with Crippen LogP contribution in [0.1, 0.15) is 19.4 Å². The first-order valence-electron chi connectivity index (χ1n) is 9.68. The zero-order chi connectivity index (χ0) is 20.5. The number of ether oxygens (including phenoxy) is 2. The minimum absolute atomic E-state index is 0. The summed E-state index contributed by atoms with van der Waals surface area (Å²) in [6.45, 7) is 5.81. The molecule has 0 saturated heterocycles. The molecule has 0 fully saturated rings. The number of benzene rings is 2. The fraction of sp³-hybridized carbons (Fsp3) is 0.273. The molecule has 2 aromatic carbocycles. The fourth-order valence-corrected chi connectivity index (χ4v) is 2.80. The number of guanidine groups is 1. The van der Waals surface area contributed by atoms with E-state index in [9.17, 15) is 0 Å². The van der Waals surface area contributed by atoms with E-state index < -0.39 is 0 Å². The maximum atomic E-state index is 5.65. The number of hydrogen-bond donors (Lipinski definition) is 2. The van der Waals surface area contributed by atoms with Crippen LogP contribution in [0.2, 0.25) is 0 Å². The topological polar surface area (TPSA) is 72.7 Å². The minimum atomic E-state index is 0. The number of anilines is 1. The van der Waals surface area contributed by atoms with Crippen LogP contribution in [-0.2, 0) is 6.54 Å². The monoisotopic (exact) mass is 521 g/mol. The molecule has 0 amide bonds. The molecule has 1 aromatic heterocycles. The van der Waals surface area contributed by atoms with Crippen molar-refractivity contribution in [2.75, 3.05) is 25.6 Å². The molecule has 3 aromatic rings. The largest absolute Gasteiger partial charge is 0.493 e. The molecule has 3 rings (SSSR count). The van der Waals surface area contributed by atoms with Crippen molar-refractivity contribution in [3.8, 4) is 17.2 Å². The summed E-state index contributed by atoms with van der Waals surface area (Å²) in [5.41, 5.74) is 2.92. The van der Waals surface area contributed by atoms with Crippen LogP contribution in [0, 0.1) is 0 Å². The van der Waals surface area contributed by atoms with E-state index in [0.717, 1.165) is 23.5 Å². The first kappa shape index (κ1) is 23.5. The molecule has 160 valence electrons. The minimum Gasteiger partial charge on any atom is -0.493 e. The third-order valence-corrected chi connectivity index (χ3v) is 4.15. The summed E-state index contributed by atoms with van der Waals surface area (Å²) in [4.78, 5) is 4.67. The van der Waals surface area contributed by atoms with Gasteiger partial charge in [-0.1, -0.05) is 18.2 Å². The standard InChI is InChI=1S/C22H27N5O2.HI/c1-4-23-22(26-18-11-12-20(28-3)21(13-18)29-5-2)24-14-17-15-25-27(16-17)19-9-7-6-8-10-19;/h6-13,15-16H,4-5,14H2,1-3H3,(H2,23,24,26);1H. The van der Waals surface area contributed by atoms with Gasteiger partial charge in [0.2, 0.25) is 0 Å². The van der Waals surface area contributed by atoms with Gasteiger partial charge in [-0.3, -0.25) is 0 Å². The van der Waals surface area contributed by atoms with E-state index in [1.165, 1.54) is 0 Å². The second-order valence-electron chi connectivity index (χ2n) is 6.25. The number of nitrogens with zero attached hydrogens (tertiary/aromatic N) is 3. The lowest BCUT2D eigenvalue weighted by Gasteiger charge is -2.14. The Bertz CT molecular complexity index is 944. The predicted molar refractivity (Wildman–Crippen MR) is 132 cm³/mol. The summed E-state index contributed by atoms with van der Waals surface area (Å²) in [7, 11) is 1.63. The Balaban J connectivity index is 0.00000320. The second-order valence-corrected chi connectivity index (χ2v) is 6.25. The van der Waals surface area contributed by atoms with E-state index in [4.69, 9.17) is 9.47 Å². The van der Waals surface area contributed by atoms with Crippen LogP contribution in [0.15, 0.2) is 65.9 Å². The smallest absolute Gasteiger partial charge is 0.196 e. The molecule has 8 heteroatoms. The maximum absolute atomic E-state index is 5.65. The molecule has 0 aliphatic carbocycles. The zero-order valence-corrected chi connectivity index (χ0v) is 19.8. The van der Waals surface area contributed by atoms with Crippen molar-refractivity contribution in [2.45, 2.75) is 20.4 Å². The molecule has 0 bridgehead atoms. The van der Waals surface area contributed by atoms with Crippen molar-refractivity contribution >= 4 is 35.6 Å². The van der Waals surface area contributed by atoms with E-state index >= 15 is 0 Å². The molecule has 7 nitrogen and oxygen atoms in total. The molecule has 1 heterocycles. The summed E-state index contributed by atoms with van der Waals surface area (Å²) in [6, 6.07) is 15.7. The zero-order valence-electron chi connectivity index (χ0n) is 17.5. The quantitative estimate of drug-likeness (QED) is 0.260. The average Bonchev–Trinajstić information content (AvgIpc) is 3.22. The first-order valence-corrected chi connectivity index (χ1v) is 9.68. The maximum Gasteiger partial charge on any atom is 0.196 e. The Morgan fingerprint density at radius 1 is 1.10 bits per heavy atom. The van der Waals surface area contributed by atoms with Crippen molar-refractivity contribution < 1.29 is 9.47 Å². The normalized spacial score (nSPS) is 10.8. The summed E-state index contributed by atoms with van der Waals surface area (Å²) in [5.74, 6) is 2.08. The van der Waals surface area contributed by atoms with E-state index in [0.29, 0.717) is 30.6 Å². The lowest BCUT2D eigenvalue weighted by molar-refractivity contribution is 0.311. The lowest BCUT2D eigenvalue weighted by atomic mass is 10.2. The molecule has 0 aliphatic rings. The summed E-state index contributed by atoms with van der Waals surface area (Å²) in [5, 5.41) is 11.0. The van der Waals surface area contributed by atoms with Gasteiger partial charge in [-0.05, 0) is 38.1 Å². The van der Waals surface area contributed by atoms with Crippen LogP contribution >= 0.6 is 24.0 Å². The van der Waals surface area contributed by atoms with Gasteiger partial charge in [-0.2, -0.15) is 5.10 Å². The molecule has 0 atom stereocenters. The van der Waals surface area contributed by atoms with Gasteiger partial charge in [0, 0.05) is 30.1 Å². The van der Waals surface area contributed by atoms with Gasteiger partial charge in [-0.25, -0.2) is 9.67 Å². The SMILES string of the molecule is CCNC(=NCc1cnn(-c2ccccc2)c1)Nc1ccc(OC)c(OCC)c1.I. The number of aliphatic imine (C=N–C) groups is 1. The number of hydrogen-bond acceptors (Lipinski definition) is 4. The van der Waals surface area contributed by atoms with Gasteiger partial charge in [0.15, 0.2) is 17.5 Å². The van der Waals surface area contributed by atoms with Crippen molar-refractivity contribution in [1.82, 2.24) is 15.1 Å². The molecular formula is C22H28IN5O2. The van der Waals surface area contributed by atoms with Crippen LogP contribution < -0.4 is 20.1 Å². The highest BCUT2D eigenvalue weighted by Gasteiger charge is 2.07. The van der Waals surface area contributed by atoms with Crippen LogP contribution in [0.3, 0.4) is 0 Å². The van der Waals surface area contributed by atoms with Gasteiger partial charge in [0.05, 0.1) is 32.1 Å². The van der Waals surface area contributed by atoms with Crippen molar-refractivity contribution in [3.05, 3.63) is 66.5 Å². The van der Waals surface area contributed by atoms with Gasteiger partial charge in [-0.15, -0.1) is 24.0 Å². The van der Waals surface area contributed by atoms with Crippen LogP contribution in [0.25, 0.3) is 5.69 Å². The molecule has 0 spiro atoms. The summed E-state index contributed by atoms with van der Waals surface area (Å²) in [6.07, 6.45) is 3.82. The van der Waals surface area contributed by atoms with Crippen LogP contribution in [0.4, 0.5) is 5.69 Å². The number of methoxy groups -OCH3 is 1. The Morgan fingerprint density at radius 3 is 2.60 bits per heavy atom. The first-order chi connectivity index (χ1) is 14.2. The number of halogens is 1. The average molecular weight is 521 g/mol. The summed E-state index contributed by atoms with van der Waals surface area (Å²) >= 11 is 0. The number of para-hydroxylation sites is 1. The van der Waals surface area contributed by atoms with Gasteiger partial charge < -0.3 is 20.1 Å². The van der Waals surface area contributed by atoms with E-state index in [-0.39, 0.29) is 24.0 Å². The van der Waals surface area contributed by atoms with E-state index in [1.54, 1.807) is 7.11 Å². The Kier molecular flexibility index (Phi) is 9.46. The molecule has 0 saturated carbocycles. The number of rotatable bonds is 8. The Morgan fingerprint density at radius 2 is 1.90 bits per heavy atom. The predicted octanol–water partition coefficient (Wildman–Crippen LogP) is 4.48. The fourth-order valence-electron chi connectivity index (χ4n) is 2.80. The highest BCUT2D eigenvalue weighted by molar-refractivity contribution is 14.0. The number of nitrogens with one attached hydrogen (secondary N) is 2. The van der Waals surface area contributed by atoms with E-state index in [1.807, 2.05) is 79.5 Å². The molecular weight excluding hydrogens is 493 g/mol. The van der Waals surface area contributed by atoms with Crippen LogP contribution in [0.5, 0.6) is 11.5 Å². The Hall–Kier alpha value is -2.75. The molecule has 2 N–H and O–H groups in total. The Labute approximate surface area is 194 Å².